The van der Waals surface area contributed by atoms with Crippen LogP contribution in [0.15, 0.2) is 0 Å². The van der Waals surface area contributed by atoms with Crippen LogP contribution in [0.25, 0.3) is 0 Å². The SMILES string of the molecule is CC(C)(C)c1nnc(NC(=O)[C@@H]2CCCN2C(=O)N2CCS(=O)(=O)CC2)s1. The summed E-state index contributed by atoms with van der Waals surface area (Å²) in [6.45, 7) is 6.91. The Morgan fingerprint density at radius 2 is 1.81 bits per heavy atom. The van der Waals surface area contributed by atoms with Crippen LogP contribution in [0.5, 0.6) is 0 Å². The van der Waals surface area contributed by atoms with Crippen molar-refractivity contribution in [2.45, 2.75) is 45.1 Å². The van der Waals surface area contributed by atoms with Gasteiger partial charge >= 0.3 is 6.03 Å². The summed E-state index contributed by atoms with van der Waals surface area (Å²) in [6.07, 6.45) is 1.31. The van der Waals surface area contributed by atoms with Crippen LogP contribution in [0.2, 0.25) is 0 Å². The molecule has 2 saturated heterocycles. The fourth-order valence-electron chi connectivity index (χ4n) is 3.12. The number of sulfone groups is 1. The quantitative estimate of drug-likeness (QED) is 0.774. The van der Waals surface area contributed by atoms with E-state index in [-0.39, 0.29) is 41.9 Å². The molecule has 0 aliphatic carbocycles. The van der Waals surface area contributed by atoms with Crippen molar-refractivity contribution in [1.82, 2.24) is 20.0 Å². The van der Waals surface area contributed by atoms with Gasteiger partial charge in [0.15, 0.2) is 9.84 Å². The molecule has 3 amide bonds. The number of anilines is 1. The number of rotatable bonds is 2. The van der Waals surface area contributed by atoms with Crippen LogP contribution in [0, 0.1) is 0 Å². The second kappa shape index (κ2) is 7.34. The Morgan fingerprint density at radius 3 is 2.41 bits per heavy atom. The van der Waals surface area contributed by atoms with E-state index in [4.69, 9.17) is 0 Å². The minimum absolute atomic E-state index is 0.0240. The van der Waals surface area contributed by atoms with Gasteiger partial charge in [0.1, 0.15) is 11.0 Å². The van der Waals surface area contributed by atoms with E-state index in [1.165, 1.54) is 16.2 Å². The lowest BCUT2D eigenvalue weighted by atomic mass is 9.98. The number of carbonyl (C=O) groups is 2. The fourth-order valence-corrected chi connectivity index (χ4v) is 5.12. The molecule has 1 atom stereocenters. The number of likely N-dealkylation sites (tertiary alicyclic amines) is 1. The molecule has 1 N–H and O–H groups in total. The highest BCUT2D eigenvalue weighted by molar-refractivity contribution is 7.91. The second-order valence-electron chi connectivity index (χ2n) is 7.92. The molecule has 3 heterocycles. The summed E-state index contributed by atoms with van der Waals surface area (Å²) in [7, 11) is -3.06. The predicted octanol–water partition coefficient (Wildman–Crippen LogP) is 1.09. The van der Waals surface area contributed by atoms with Crippen molar-refractivity contribution in [3.63, 3.8) is 0 Å². The smallest absolute Gasteiger partial charge is 0.320 e. The summed E-state index contributed by atoms with van der Waals surface area (Å²) in [4.78, 5) is 28.5. The molecule has 27 heavy (non-hydrogen) atoms. The number of nitrogens with one attached hydrogen (secondary N) is 1. The number of aromatic nitrogens is 2. The minimum Gasteiger partial charge on any atom is -0.323 e. The maximum Gasteiger partial charge on any atom is 0.320 e. The first-order valence-electron chi connectivity index (χ1n) is 8.98. The van der Waals surface area contributed by atoms with Crippen LogP contribution in [-0.2, 0) is 20.0 Å². The van der Waals surface area contributed by atoms with Crippen LogP contribution >= 0.6 is 11.3 Å². The molecule has 9 nitrogen and oxygen atoms in total. The molecular formula is C16H25N5O4S2. The summed E-state index contributed by atoms with van der Waals surface area (Å²) in [5, 5.41) is 12.2. The van der Waals surface area contributed by atoms with E-state index in [9.17, 15) is 18.0 Å². The zero-order valence-corrected chi connectivity index (χ0v) is 17.4. The number of amides is 3. The highest BCUT2D eigenvalue weighted by Crippen LogP contribution is 2.28. The van der Waals surface area contributed by atoms with Crippen LogP contribution in [0.1, 0.15) is 38.6 Å². The molecule has 2 aliphatic rings. The van der Waals surface area contributed by atoms with E-state index >= 15 is 0 Å². The maximum absolute atomic E-state index is 12.8. The lowest BCUT2D eigenvalue weighted by Gasteiger charge is -2.33. The van der Waals surface area contributed by atoms with Gasteiger partial charge in [-0.05, 0) is 12.8 Å². The second-order valence-corrected chi connectivity index (χ2v) is 11.2. The van der Waals surface area contributed by atoms with Gasteiger partial charge in [0.25, 0.3) is 0 Å². The Balaban J connectivity index is 1.64. The van der Waals surface area contributed by atoms with Gasteiger partial charge in [0.2, 0.25) is 11.0 Å². The van der Waals surface area contributed by atoms with Gasteiger partial charge in [0.05, 0.1) is 11.5 Å². The average Bonchev–Trinajstić information content (AvgIpc) is 3.22. The predicted molar refractivity (Wildman–Crippen MR) is 103 cm³/mol. The number of hydrogen-bond donors (Lipinski definition) is 1. The average molecular weight is 416 g/mol. The third-order valence-electron chi connectivity index (χ3n) is 4.71. The lowest BCUT2D eigenvalue weighted by molar-refractivity contribution is -0.119. The molecule has 2 fully saturated rings. The Labute approximate surface area is 163 Å². The summed E-state index contributed by atoms with van der Waals surface area (Å²) < 4.78 is 23.1. The van der Waals surface area contributed by atoms with Crippen molar-refractivity contribution in [2.75, 3.05) is 36.5 Å². The molecule has 2 aliphatic heterocycles. The number of carbonyl (C=O) groups excluding carboxylic acids is 2. The number of urea groups is 1. The normalized spacial score (nSPS) is 22.7. The maximum atomic E-state index is 12.8. The third-order valence-corrected chi connectivity index (χ3v) is 7.59. The molecule has 0 spiro atoms. The summed E-state index contributed by atoms with van der Waals surface area (Å²) in [6, 6.07) is -0.840. The Bertz CT molecular complexity index is 816. The highest BCUT2D eigenvalue weighted by Gasteiger charge is 2.38. The molecule has 0 aromatic carbocycles. The first-order valence-corrected chi connectivity index (χ1v) is 11.6. The molecule has 0 saturated carbocycles. The molecule has 0 radical (unpaired) electrons. The van der Waals surface area contributed by atoms with Gasteiger partial charge in [-0.1, -0.05) is 32.1 Å². The van der Waals surface area contributed by atoms with Crippen molar-refractivity contribution in [3.05, 3.63) is 5.01 Å². The standard InChI is InChI=1S/C16H25N5O4S2/c1-16(2,3)13-18-19-14(26-13)17-12(22)11-5-4-6-21(11)15(23)20-7-9-27(24,25)10-8-20/h11H,4-10H2,1-3H3,(H,17,19,22)/t11-/m0/s1. The molecule has 1 aromatic heterocycles. The van der Waals surface area contributed by atoms with Crippen molar-refractivity contribution < 1.29 is 18.0 Å². The van der Waals surface area contributed by atoms with Crippen molar-refractivity contribution in [1.29, 1.82) is 0 Å². The topological polar surface area (TPSA) is 113 Å². The van der Waals surface area contributed by atoms with Crippen LogP contribution < -0.4 is 5.32 Å². The summed E-state index contributed by atoms with van der Waals surface area (Å²) >= 11 is 1.33. The van der Waals surface area contributed by atoms with Crippen LogP contribution in [0.4, 0.5) is 9.93 Å². The van der Waals surface area contributed by atoms with Crippen molar-refractivity contribution in [2.24, 2.45) is 0 Å². The van der Waals surface area contributed by atoms with Gasteiger partial charge in [-0.15, -0.1) is 10.2 Å². The lowest BCUT2D eigenvalue weighted by Crippen LogP contribution is -2.53. The van der Waals surface area contributed by atoms with Crippen molar-refractivity contribution >= 4 is 38.2 Å². The summed E-state index contributed by atoms with van der Waals surface area (Å²) in [5.74, 6) is -0.324. The molecule has 1 aromatic rings. The Hall–Kier alpha value is -1.75. The zero-order chi connectivity index (χ0) is 19.8. The zero-order valence-electron chi connectivity index (χ0n) is 15.8. The van der Waals surface area contributed by atoms with E-state index in [2.05, 4.69) is 15.5 Å². The molecule has 11 heteroatoms. The van der Waals surface area contributed by atoms with E-state index in [0.29, 0.717) is 18.1 Å². The molecule has 3 rings (SSSR count). The van der Waals surface area contributed by atoms with Gasteiger partial charge in [0, 0.05) is 25.0 Å². The largest absolute Gasteiger partial charge is 0.323 e. The number of nitrogens with zero attached hydrogens (tertiary/aromatic N) is 4. The Morgan fingerprint density at radius 1 is 1.15 bits per heavy atom. The van der Waals surface area contributed by atoms with Crippen LogP contribution in [0.3, 0.4) is 0 Å². The third kappa shape index (κ3) is 4.57. The van der Waals surface area contributed by atoms with E-state index in [1.54, 1.807) is 4.90 Å². The molecule has 150 valence electrons. The fraction of sp³-hybridized carbons (Fsp3) is 0.750. The molecular weight excluding hydrogens is 390 g/mol. The minimum atomic E-state index is -3.06. The van der Waals surface area contributed by atoms with Gasteiger partial charge in [-0.3, -0.25) is 10.1 Å². The van der Waals surface area contributed by atoms with Gasteiger partial charge in [-0.2, -0.15) is 0 Å². The number of hydrogen-bond acceptors (Lipinski definition) is 7. The van der Waals surface area contributed by atoms with E-state index < -0.39 is 15.9 Å². The summed E-state index contributed by atoms with van der Waals surface area (Å²) in [5.41, 5.74) is -0.148. The first kappa shape index (κ1) is 20.0. The Kier molecular flexibility index (Phi) is 5.44. The van der Waals surface area contributed by atoms with Gasteiger partial charge in [-0.25, -0.2) is 13.2 Å². The van der Waals surface area contributed by atoms with Crippen molar-refractivity contribution in [3.8, 4) is 0 Å². The first-order chi connectivity index (χ1) is 12.6. The molecule has 0 unspecified atom stereocenters. The van der Waals surface area contributed by atoms with E-state index in [0.717, 1.165) is 11.4 Å². The highest BCUT2D eigenvalue weighted by atomic mass is 32.2. The van der Waals surface area contributed by atoms with Crippen LogP contribution in [-0.4, -0.2) is 77.5 Å². The van der Waals surface area contributed by atoms with E-state index in [1.807, 2.05) is 20.8 Å². The van der Waals surface area contributed by atoms with Gasteiger partial charge < -0.3 is 9.80 Å². The molecule has 0 bridgehead atoms. The monoisotopic (exact) mass is 415 g/mol.